The van der Waals surface area contributed by atoms with E-state index in [4.69, 9.17) is 4.74 Å². The maximum atomic E-state index is 13.3. The van der Waals surface area contributed by atoms with Gasteiger partial charge in [0.1, 0.15) is 12.4 Å². The molecule has 0 saturated carbocycles. The summed E-state index contributed by atoms with van der Waals surface area (Å²) in [6.07, 6.45) is 1.60. The molecule has 0 spiro atoms. The van der Waals surface area contributed by atoms with Crippen LogP contribution >= 0.6 is 0 Å². The van der Waals surface area contributed by atoms with Crippen LogP contribution in [0.15, 0.2) is 24.3 Å². The summed E-state index contributed by atoms with van der Waals surface area (Å²) in [5.74, 6) is -0.580. The van der Waals surface area contributed by atoms with Crippen LogP contribution in [-0.2, 0) is 16.1 Å². The molecule has 0 unspecified atom stereocenters. The van der Waals surface area contributed by atoms with Gasteiger partial charge >= 0.3 is 5.97 Å². The number of benzene rings is 1. The molecule has 17 heavy (non-hydrogen) atoms. The van der Waals surface area contributed by atoms with Gasteiger partial charge < -0.3 is 10.1 Å². The lowest BCUT2D eigenvalue weighted by Crippen LogP contribution is -2.32. The summed E-state index contributed by atoms with van der Waals surface area (Å²) in [7, 11) is 0. The Bertz CT molecular complexity index is 389. The van der Waals surface area contributed by atoms with Crippen molar-refractivity contribution in [3.8, 4) is 0 Å². The molecule has 4 heteroatoms. The van der Waals surface area contributed by atoms with E-state index >= 15 is 0 Å². The lowest BCUT2D eigenvalue weighted by atomic mass is 9.98. The number of hydrogen-bond donors (Lipinski definition) is 1. The molecule has 1 fully saturated rings. The molecule has 1 aromatic carbocycles. The van der Waals surface area contributed by atoms with Crippen molar-refractivity contribution < 1.29 is 13.9 Å². The van der Waals surface area contributed by atoms with Gasteiger partial charge in [0, 0.05) is 5.56 Å². The third-order valence-corrected chi connectivity index (χ3v) is 3.00. The van der Waals surface area contributed by atoms with E-state index in [-0.39, 0.29) is 24.3 Å². The Morgan fingerprint density at radius 3 is 2.76 bits per heavy atom. The molecule has 92 valence electrons. The zero-order valence-corrected chi connectivity index (χ0v) is 9.62. The number of hydrogen-bond acceptors (Lipinski definition) is 3. The van der Waals surface area contributed by atoms with Gasteiger partial charge in [0.25, 0.3) is 0 Å². The largest absolute Gasteiger partial charge is 0.460 e. The molecule has 1 heterocycles. The summed E-state index contributed by atoms with van der Waals surface area (Å²) in [6, 6.07) is 6.35. The number of rotatable bonds is 3. The van der Waals surface area contributed by atoms with Gasteiger partial charge in [-0.05, 0) is 32.0 Å². The van der Waals surface area contributed by atoms with Crippen LogP contribution in [0.5, 0.6) is 0 Å². The molecular formula is C13H16FNO2. The molecule has 1 N–H and O–H groups in total. The van der Waals surface area contributed by atoms with Crippen LogP contribution in [0.4, 0.5) is 4.39 Å². The summed E-state index contributed by atoms with van der Waals surface area (Å²) in [5.41, 5.74) is 0.426. The van der Waals surface area contributed by atoms with Crippen LogP contribution in [0.25, 0.3) is 0 Å². The van der Waals surface area contributed by atoms with E-state index in [1.807, 2.05) is 0 Å². The Balaban J connectivity index is 1.85. The molecule has 0 bridgehead atoms. The second-order valence-corrected chi connectivity index (χ2v) is 4.22. The van der Waals surface area contributed by atoms with Crippen LogP contribution in [-0.4, -0.2) is 19.1 Å². The molecule has 1 aliphatic heterocycles. The van der Waals surface area contributed by atoms with Crippen LogP contribution in [0.2, 0.25) is 0 Å². The molecule has 1 saturated heterocycles. The number of piperidine rings is 1. The van der Waals surface area contributed by atoms with E-state index in [1.165, 1.54) is 6.07 Å². The number of carbonyl (C=O) groups is 1. The summed E-state index contributed by atoms with van der Waals surface area (Å²) in [5, 5.41) is 3.18. The van der Waals surface area contributed by atoms with Crippen molar-refractivity contribution in [3.63, 3.8) is 0 Å². The third-order valence-electron chi connectivity index (χ3n) is 3.00. The Kier molecular flexibility index (Phi) is 4.09. The van der Waals surface area contributed by atoms with Crippen molar-refractivity contribution >= 4 is 5.97 Å². The van der Waals surface area contributed by atoms with Gasteiger partial charge in [-0.15, -0.1) is 0 Å². The van der Waals surface area contributed by atoms with Crippen LogP contribution in [0.3, 0.4) is 0 Å². The first-order valence-corrected chi connectivity index (χ1v) is 5.88. The highest BCUT2D eigenvalue weighted by atomic mass is 19.1. The maximum Gasteiger partial charge on any atom is 0.309 e. The molecule has 0 radical (unpaired) electrons. The smallest absolute Gasteiger partial charge is 0.309 e. The van der Waals surface area contributed by atoms with E-state index in [0.717, 1.165) is 25.9 Å². The predicted octanol–water partition coefficient (Wildman–Crippen LogP) is 1.87. The Morgan fingerprint density at radius 1 is 1.35 bits per heavy atom. The minimum Gasteiger partial charge on any atom is -0.460 e. The monoisotopic (exact) mass is 237 g/mol. The first-order valence-electron chi connectivity index (χ1n) is 5.88. The first-order chi connectivity index (χ1) is 8.27. The van der Waals surface area contributed by atoms with Crippen LogP contribution < -0.4 is 5.32 Å². The minimum absolute atomic E-state index is 0.0232. The third kappa shape index (κ3) is 3.27. The van der Waals surface area contributed by atoms with E-state index in [9.17, 15) is 9.18 Å². The number of halogens is 1. The van der Waals surface area contributed by atoms with E-state index in [2.05, 4.69) is 5.32 Å². The van der Waals surface area contributed by atoms with Gasteiger partial charge in [-0.1, -0.05) is 18.2 Å². The number of carbonyl (C=O) groups excluding carboxylic acids is 1. The molecule has 2 rings (SSSR count). The normalized spacial score (nSPS) is 16.8. The Morgan fingerprint density at radius 2 is 2.06 bits per heavy atom. The molecule has 1 aliphatic rings. The SMILES string of the molecule is O=C(OCc1ccccc1F)C1CCNCC1. The van der Waals surface area contributed by atoms with Gasteiger partial charge in [0.15, 0.2) is 0 Å². The van der Waals surface area contributed by atoms with Crippen molar-refractivity contribution in [1.29, 1.82) is 0 Å². The van der Waals surface area contributed by atoms with E-state index in [0.29, 0.717) is 5.56 Å². The summed E-state index contributed by atoms with van der Waals surface area (Å²) in [4.78, 5) is 11.7. The maximum absolute atomic E-state index is 13.3. The topological polar surface area (TPSA) is 38.3 Å². The highest BCUT2D eigenvalue weighted by molar-refractivity contribution is 5.72. The van der Waals surface area contributed by atoms with Crippen molar-refractivity contribution in [3.05, 3.63) is 35.6 Å². The molecule has 0 amide bonds. The summed E-state index contributed by atoms with van der Waals surface area (Å²) in [6.45, 7) is 1.72. The molecule has 1 aromatic rings. The molecule has 0 aromatic heterocycles. The van der Waals surface area contributed by atoms with E-state index < -0.39 is 0 Å². The average Bonchev–Trinajstić information content (AvgIpc) is 2.38. The fourth-order valence-corrected chi connectivity index (χ4v) is 1.94. The molecule has 0 aliphatic carbocycles. The highest BCUT2D eigenvalue weighted by Crippen LogP contribution is 2.15. The fraction of sp³-hybridized carbons (Fsp3) is 0.462. The lowest BCUT2D eigenvalue weighted by Gasteiger charge is -2.20. The molecular weight excluding hydrogens is 221 g/mol. The Hall–Kier alpha value is -1.42. The standard InChI is InChI=1S/C13H16FNO2/c14-12-4-2-1-3-11(12)9-17-13(16)10-5-7-15-8-6-10/h1-4,10,15H,5-9H2. The van der Waals surface area contributed by atoms with Crippen LogP contribution in [0, 0.1) is 11.7 Å². The first kappa shape index (κ1) is 12.0. The van der Waals surface area contributed by atoms with Gasteiger partial charge in [-0.3, -0.25) is 4.79 Å². The van der Waals surface area contributed by atoms with Gasteiger partial charge in [0.05, 0.1) is 5.92 Å². The lowest BCUT2D eigenvalue weighted by molar-refractivity contribution is -0.150. The van der Waals surface area contributed by atoms with Crippen molar-refractivity contribution in [2.45, 2.75) is 19.4 Å². The highest BCUT2D eigenvalue weighted by Gasteiger charge is 2.22. The zero-order chi connectivity index (χ0) is 12.1. The van der Waals surface area contributed by atoms with Crippen LogP contribution in [0.1, 0.15) is 18.4 Å². The van der Waals surface area contributed by atoms with Gasteiger partial charge in [-0.2, -0.15) is 0 Å². The summed E-state index contributed by atoms with van der Waals surface area (Å²) < 4.78 is 18.4. The number of esters is 1. The van der Waals surface area contributed by atoms with Crippen molar-refractivity contribution in [2.75, 3.05) is 13.1 Å². The number of ether oxygens (including phenoxy) is 1. The quantitative estimate of drug-likeness (QED) is 0.816. The summed E-state index contributed by atoms with van der Waals surface area (Å²) >= 11 is 0. The second-order valence-electron chi connectivity index (χ2n) is 4.22. The molecule has 3 nitrogen and oxygen atoms in total. The number of nitrogens with one attached hydrogen (secondary N) is 1. The second kappa shape index (κ2) is 5.77. The van der Waals surface area contributed by atoms with Crippen molar-refractivity contribution in [1.82, 2.24) is 5.32 Å². The minimum atomic E-state index is -0.328. The predicted molar refractivity (Wildman–Crippen MR) is 61.8 cm³/mol. The van der Waals surface area contributed by atoms with Gasteiger partial charge in [0.2, 0.25) is 0 Å². The van der Waals surface area contributed by atoms with Crippen molar-refractivity contribution in [2.24, 2.45) is 5.92 Å². The van der Waals surface area contributed by atoms with E-state index in [1.54, 1.807) is 18.2 Å². The fourth-order valence-electron chi connectivity index (χ4n) is 1.94. The zero-order valence-electron chi connectivity index (χ0n) is 9.62. The van der Waals surface area contributed by atoms with Gasteiger partial charge in [-0.25, -0.2) is 4.39 Å². The molecule has 0 atom stereocenters. The Labute approximate surface area is 100.0 Å². The average molecular weight is 237 g/mol.